The molecule has 3 heteroatoms. The molecule has 96 valence electrons. The zero-order valence-electron chi connectivity index (χ0n) is 11.6. The van der Waals surface area contributed by atoms with Gasteiger partial charge in [-0.2, -0.15) is 5.10 Å². The molecule has 1 aromatic carbocycles. The Bertz CT molecular complexity index is 547. The second-order valence-corrected chi connectivity index (χ2v) is 4.84. The Kier molecular flexibility index (Phi) is 3.53. The van der Waals surface area contributed by atoms with E-state index in [0.29, 0.717) is 6.54 Å². The fraction of sp³-hybridized carbons (Fsp3) is 0.400. The Morgan fingerprint density at radius 3 is 2.28 bits per heavy atom. The number of hydrogen-bond donors (Lipinski definition) is 1. The number of nitrogens with zero attached hydrogens (tertiary/aromatic N) is 2. The Labute approximate surface area is 109 Å². The van der Waals surface area contributed by atoms with E-state index in [4.69, 9.17) is 5.73 Å². The van der Waals surface area contributed by atoms with Crippen LogP contribution in [0, 0.1) is 27.7 Å². The van der Waals surface area contributed by atoms with Gasteiger partial charge >= 0.3 is 0 Å². The molecular formula is C15H21N3. The quantitative estimate of drug-likeness (QED) is 0.900. The maximum Gasteiger partial charge on any atom is 0.0707 e. The number of benzene rings is 1. The molecule has 18 heavy (non-hydrogen) atoms. The predicted molar refractivity (Wildman–Crippen MR) is 75.3 cm³/mol. The minimum atomic E-state index is 0.667. The number of aryl methyl sites for hydroxylation is 3. The van der Waals surface area contributed by atoms with Gasteiger partial charge in [0.2, 0.25) is 0 Å². The molecule has 0 unspecified atom stereocenters. The van der Waals surface area contributed by atoms with Crippen LogP contribution in [0.2, 0.25) is 0 Å². The third-order valence-corrected chi connectivity index (χ3v) is 3.49. The average Bonchev–Trinajstić information content (AvgIpc) is 2.58. The molecule has 0 fully saturated rings. The highest BCUT2D eigenvalue weighted by Crippen LogP contribution is 2.23. The highest BCUT2D eigenvalue weighted by atomic mass is 15.3. The van der Waals surface area contributed by atoms with Gasteiger partial charge in [-0.3, -0.25) is 0 Å². The maximum atomic E-state index is 5.67. The van der Waals surface area contributed by atoms with Crippen LogP contribution in [0.1, 0.15) is 28.1 Å². The Morgan fingerprint density at radius 2 is 1.72 bits per heavy atom. The van der Waals surface area contributed by atoms with Gasteiger partial charge in [0.15, 0.2) is 0 Å². The van der Waals surface area contributed by atoms with Crippen molar-refractivity contribution in [3.8, 4) is 5.69 Å². The summed E-state index contributed by atoms with van der Waals surface area (Å²) in [6, 6.07) is 6.34. The second kappa shape index (κ2) is 4.94. The normalized spacial score (nSPS) is 10.9. The van der Waals surface area contributed by atoms with Crippen LogP contribution in [0.3, 0.4) is 0 Å². The van der Waals surface area contributed by atoms with Crippen molar-refractivity contribution in [2.75, 3.05) is 6.54 Å². The van der Waals surface area contributed by atoms with Crippen LogP contribution in [0.15, 0.2) is 18.2 Å². The van der Waals surface area contributed by atoms with E-state index >= 15 is 0 Å². The SMILES string of the molecule is Cc1cccc(C)c1-n1nc(C)c(CCN)c1C. The fourth-order valence-corrected chi connectivity index (χ4v) is 2.54. The Morgan fingerprint density at radius 1 is 1.11 bits per heavy atom. The molecule has 0 atom stereocenters. The molecule has 0 aliphatic carbocycles. The van der Waals surface area contributed by atoms with E-state index in [1.807, 2.05) is 0 Å². The van der Waals surface area contributed by atoms with Crippen LogP contribution < -0.4 is 5.73 Å². The van der Waals surface area contributed by atoms with E-state index in [9.17, 15) is 0 Å². The minimum Gasteiger partial charge on any atom is -0.330 e. The van der Waals surface area contributed by atoms with Crippen LogP contribution in [-0.2, 0) is 6.42 Å². The molecule has 0 saturated heterocycles. The summed E-state index contributed by atoms with van der Waals surface area (Å²) < 4.78 is 2.06. The van der Waals surface area contributed by atoms with E-state index < -0.39 is 0 Å². The van der Waals surface area contributed by atoms with Crippen molar-refractivity contribution < 1.29 is 0 Å². The van der Waals surface area contributed by atoms with Gasteiger partial charge in [-0.25, -0.2) is 4.68 Å². The summed E-state index contributed by atoms with van der Waals surface area (Å²) in [5, 5.41) is 4.68. The summed E-state index contributed by atoms with van der Waals surface area (Å²) in [7, 11) is 0. The van der Waals surface area contributed by atoms with Gasteiger partial charge in [0.05, 0.1) is 11.4 Å². The molecule has 0 radical (unpaired) electrons. The smallest absolute Gasteiger partial charge is 0.0707 e. The first kappa shape index (κ1) is 12.8. The van der Waals surface area contributed by atoms with Gasteiger partial charge in [-0.15, -0.1) is 0 Å². The van der Waals surface area contributed by atoms with E-state index in [2.05, 4.69) is 55.7 Å². The van der Waals surface area contributed by atoms with Gasteiger partial charge < -0.3 is 5.73 Å². The standard InChI is InChI=1S/C15H21N3/c1-10-6-5-7-11(2)15(10)18-13(4)14(8-9-16)12(3)17-18/h5-7H,8-9,16H2,1-4H3. The van der Waals surface area contributed by atoms with Gasteiger partial charge in [0.1, 0.15) is 0 Å². The molecule has 2 rings (SSSR count). The van der Waals surface area contributed by atoms with Gasteiger partial charge in [0.25, 0.3) is 0 Å². The number of rotatable bonds is 3. The fourth-order valence-electron chi connectivity index (χ4n) is 2.54. The predicted octanol–water partition coefficient (Wildman–Crippen LogP) is 2.61. The summed E-state index contributed by atoms with van der Waals surface area (Å²) in [4.78, 5) is 0. The van der Waals surface area contributed by atoms with Crippen molar-refractivity contribution in [2.24, 2.45) is 5.73 Å². The zero-order chi connectivity index (χ0) is 13.3. The summed E-state index contributed by atoms with van der Waals surface area (Å²) >= 11 is 0. The van der Waals surface area contributed by atoms with Crippen LogP contribution in [0.5, 0.6) is 0 Å². The molecule has 1 aromatic heterocycles. The molecule has 0 saturated carbocycles. The van der Waals surface area contributed by atoms with Crippen molar-refractivity contribution in [1.29, 1.82) is 0 Å². The maximum absolute atomic E-state index is 5.67. The lowest BCUT2D eigenvalue weighted by Gasteiger charge is -2.11. The Hall–Kier alpha value is -1.61. The number of hydrogen-bond acceptors (Lipinski definition) is 2. The second-order valence-electron chi connectivity index (χ2n) is 4.84. The van der Waals surface area contributed by atoms with E-state index in [1.165, 1.54) is 28.1 Å². The topological polar surface area (TPSA) is 43.8 Å². The van der Waals surface area contributed by atoms with Gasteiger partial charge in [0, 0.05) is 5.69 Å². The first-order valence-corrected chi connectivity index (χ1v) is 6.38. The molecule has 2 aromatic rings. The first-order valence-electron chi connectivity index (χ1n) is 6.38. The average molecular weight is 243 g/mol. The largest absolute Gasteiger partial charge is 0.330 e. The summed E-state index contributed by atoms with van der Waals surface area (Å²) in [6.07, 6.45) is 0.891. The van der Waals surface area contributed by atoms with Crippen molar-refractivity contribution in [2.45, 2.75) is 34.1 Å². The number of aromatic nitrogens is 2. The zero-order valence-corrected chi connectivity index (χ0v) is 11.6. The van der Waals surface area contributed by atoms with E-state index in [1.54, 1.807) is 0 Å². The molecule has 0 aliphatic rings. The summed E-state index contributed by atoms with van der Waals surface area (Å²) in [6.45, 7) is 9.10. The molecule has 0 amide bonds. The van der Waals surface area contributed by atoms with Gasteiger partial charge in [-0.1, -0.05) is 18.2 Å². The van der Waals surface area contributed by atoms with Crippen LogP contribution >= 0.6 is 0 Å². The Balaban J connectivity index is 2.62. The highest BCUT2D eigenvalue weighted by Gasteiger charge is 2.14. The van der Waals surface area contributed by atoms with Crippen molar-refractivity contribution in [1.82, 2.24) is 9.78 Å². The molecule has 3 nitrogen and oxygen atoms in total. The lowest BCUT2D eigenvalue weighted by Crippen LogP contribution is -2.06. The monoisotopic (exact) mass is 243 g/mol. The highest BCUT2D eigenvalue weighted by molar-refractivity contribution is 5.48. The molecule has 2 N–H and O–H groups in total. The van der Waals surface area contributed by atoms with Crippen molar-refractivity contribution >= 4 is 0 Å². The third-order valence-electron chi connectivity index (χ3n) is 3.49. The minimum absolute atomic E-state index is 0.667. The lowest BCUT2D eigenvalue weighted by molar-refractivity contribution is 0.819. The summed E-state index contributed by atoms with van der Waals surface area (Å²) in [5.74, 6) is 0. The number of para-hydroxylation sites is 1. The van der Waals surface area contributed by atoms with Crippen LogP contribution in [0.25, 0.3) is 5.69 Å². The molecule has 0 aliphatic heterocycles. The van der Waals surface area contributed by atoms with Crippen molar-refractivity contribution in [3.05, 3.63) is 46.3 Å². The third kappa shape index (κ3) is 2.06. The first-order chi connectivity index (χ1) is 8.56. The van der Waals surface area contributed by atoms with E-state index in [0.717, 1.165) is 12.1 Å². The molecule has 0 spiro atoms. The van der Waals surface area contributed by atoms with Gasteiger partial charge in [-0.05, 0) is 57.4 Å². The van der Waals surface area contributed by atoms with Crippen LogP contribution in [-0.4, -0.2) is 16.3 Å². The number of nitrogens with two attached hydrogens (primary N) is 1. The molecular weight excluding hydrogens is 222 g/mol. The van der Waals surface area contributed by atoms with Crippen molar-refractivity contribution in [3.63, 3.8) is 0 Å². The molecule has 1 heterocycles. The van der Waals surface area contributed by atoms with Crippen LogP contribution in [0.4, 0.5) is 0 Å². The molecule has 0 bridgehead atoms. The van der Waals surface area contributed by atoms with E-state index in [-0.39, 0.29) is 0 Å². The lowest BCUT2D eigenvalue weighted by atomic mass is 10.1. The summed E-state index contributed by atoms with van der Waals surface area (Å²) in [5.41, 5.74) is 12.9.